The van der Waals surface area contributed by atoms with Crippen LogP contribution in [0.5, 0.6) is 11.5 Å². The van der Waals surface area contributed by atoms with Gasteiger partial charge in [-0.25, -0.2) is 0 Å². The maximum Gasteiger partial charge on any atom is 0.295 e. The average molecular weight is 498 g/mol. The maximum absolute atomic E-state index is 13.9. The number of ether oxygens (including phenoxy) is 2. The third kappa shape index (κ3) is 4.48. The number of hydrogen-bond donors (Lipinski definition) is 0. The summed E-state index contributed by atoms with van der Waals surface area (Å²) in [5.74, 6) is 1.10. The van der Waals surface area contributed by atoms with Gasteiger partial charge in [0.25, 0.3) is 5.91 Å². The average Bonchev–Trinajstić information content (AvgIpc) is 3.20. The number of benzene rings is 3. The second-order valence-electron chi connectivity index (χ2n) is 9.51. The number of rotatable bonds is 8. The number of carbonyl (C=O) groups is 1. The molecule has 0 saturated carbocycles. The molecule has 0 radical (unpaired) electrons. The van der Waals surface area contributed by atoms with Crippen molar-refractivity contribution in [3.8, 4) is 11.5 Å². The fourth-order valence-electron chi connectivity index (χ4n) is 4.86. The lowest BCUT2D eigenvalue weighted by atomic mass is 9.97. The van der Waals surface area contributed by atoms with Gasteiger partial charge in [-0.3, -0.25) is 14.5 Å². The first-order valence-corrected chi connectivity index (χ1v) is 12.7. The molecule has 37 heavy (non-hydrogen) atoms. The smallest absolute Gasteiger partial charge is 0.295 e. The first kappa shape index (κ1) is 24.6. The molecular formula is C31H31NO5. The molecule has 1 amide bonds. The normalized spacial score (nSPS) is 14.8. The Balaban J connectivity index is 1.65. The topological polar surface area (TPSA) is 69.0 Å². The van der Waals surface area contributed by atoms with E-state index in [1.165, 1.54) is 0 Å². The van der Waals surface area contributed by atoms with Crippen LogP contribution < -0.4 is 19.8 Å². The Morgan fingerprint density at radius 1 is 0.919 bits per heavy atom. The van der Waals surface area contributed by atoms with Crippen molar-refractivity contribution in [2.45, 2.75) is 46.1 Å². The van der Waals surface area contributed by atoms with E-state index in [0.717, 1.165) is 41.7 Å². The molecule has 0 saturated heterocycles. The van der Waals surface area contributed by atoms with E-state index in [-0.39, 0.29) is 17.1 Å². The van der Waals surface area contributed by atoms with Crippen molar-refractivity contribution in [2.75, 3.05) is 18.6 Å². The lowest BCUT2D eigenvalue weighted by molar-refractivity contribution is 0.0971. The SMILES string of the molecule is CCCCCOc1ccc(C2c3c(oc4cc(C)c(C)cc4c3=O)C(=O)N2c2cccc(OC)c2)cc1. The van der Waals surface area contributed by atoms with Crippen LogP contribution in [0.1, 0.15) is 65.0 Å². The highest BCUT2D eigenvalue weighted by atomic mass is 16.5. The monoisotopic (exact) mass is 497 g/mol. The van der Waals surface area contributed by atoms with E-state index in [1.807, 2.05) is 68.4 Å². The number of unbranched alkanes of at least 4 members (excludes halogenated alkanes) is 2. The molecule has 0 N–H and O–H groups in total. The van der Waals surface area contributed by atoms with Crippen LogP contribution in [0.2, 0.25) is 0 Å². The number of anilines is 1. The Labute approximate surface area is 216 Å². The van der Waals surface area contributed by atoms with Crippen LogP contribution in [-0.4, -0.2) is 19.6 Å². The van der Waals surface area contributed by atoms with Crippen molar-refractivity contribution in [3.63, 3.8) is 0 Å². The minimum Gasteiger partial charge on any atom is -0.497 e. The molecule has 6 heteroatoms. The summed E-state index contributed by atoms with van der Waals surface area (Å²) < 4.78 is 17.4. The van der Waals surface area contributed by atoms with E-state index in [0.29, 0.717) is 34.6 Å². The summed E-state index contributed by atoms with van der Waals surface area (Å²) >= 11 is 0. The van der Waals surface area contributed by atoms with Gasteiger partial charge in [-0.1, -0.05) is 38.0 Å². The van der Waals surface area contributed by atoms with Crippen molar-refractivity contribution < 1.29 is 18.7 Å². The molecule has 1 aliphatic heterocycles. The van der Waals surface area contributed by atoms with Gasteiger partial charge in [0.2, 0.25) is 5.76 Å². The largest absolute Gasteiger partial charge is 0.497 e. The van der Waals surface area contributed by atoms with Gasteiger partial charge in [0.05, 0.1) is 30.7 Å². The Hall–Kier alpha value is -4.06. The molecule has 0 fully saturated rings. The van der Waals surface area contributed by atoms with Crippen LogP contribution in [0.25, 0.3) is 11.0 Å². The summed E-state index contributed by atoms with van der Waals surface area (Å²) in [4.78, 5) is 29.3. The molecule has 4 aromatic rings. The molecule has 1 aromatic heterocycles. The number of aryl methyl sites for hydroxylation is 2. The lowest BCUT2D eigenvalue weighted by Gasteiger charge is -2.25. The van der Waals surface area contributed by atoms with Gasteiger partial charge in [0.15, 0.2) is 5.43 Å². The number of amides is 1. The molecule has 190 valence electrons. The minimum atomic E-state index is -0.647. The van der Waals surface area contributed by atoms with E-state index in [2.05, 4.69) is 6.92 Å². The van der Waals surface area contributed by atoms with Crippen molar-refractivity contribution >= 4 is 22.6 Å². The highest BCUT2D eigenvalue weighted by Crippen LogP contribution is 2.42. The maximum atomic E-state index is 13.9. The molecule has 2 heterocycles. The van der Waals surface area contributed by atoms with Crippen LogP contribution in [0, 0.1) is 13.8 Å². The molecule has 0 aliphatic carbocycles. The summed E-state index contributed by atoms with van der Waals surface area (Å²) in [6.45, 7) is 6.74. The third-order valence-corrected chi connectivity index (χ3v) is 7.03. The summed E-state index contributed by atoms with van der Waals surface area (Å²) in [5, 5.41) is 0.475. The Bertz CT molecular complexity index is 1520. The molecule has 1 aliphatic rings. The summed E-state index contributed by atoms with van der Waals surface area (Å²) in [6.07, 6.45) is 3.25. The van der Waals surface area contributed by atoms with Crippen molar-refractivity contribution in [2.24, 2.45) is 0 Å². The molecule has 5 rings (SSSR count). The van der Waals surface area contributed by atoms with Crippen LogP contribution in [0.4, 0.5) is 5.69 Å². The number of hydrogen-bond acceptors (Lipinski definition) is 5. The molecular weight excluding hydrogens is 466 g/mol. The third-order valence-electron chi connectivity index (χ3n) is 7.03. The second-order valence-corrected chi connectivity index (χ2v) is 9.51. The minimum absolute atomic E-state index is 0.0773. The Kier molecular flexibility index (Phi) is 6.74. The number of fused-ring (bicyclic) bond motifs is 2. The highest BCUT2D eigenvalue weighted by Gasteiger charge is 2.43. The van der Waals surface area contributed by atoms with Gasteiger partial charge in [-0.2, -0.15) is 0 Å². The van der Waals surface area contributed by atoms with Crippen LogP contribution >= 0.6 is 0 Å². The van der Waals surface area contributed by atoms with Gasteiger partial charge in [-0.15, -0.1) is 0 Å². The van der Waals surface area contributed by atoms with Crippen molar-refractivity contribution in [3.05, 3.63) is 98.9 Å². The van der Waals surface area contributed by atoms with Crippen molar-refractivity contribution in [1.29, 1.82) is 0 Å². The molecule has 0 bridgehead atoms. The fraction of sp³-hybridized carbons (Fsp3) is 0.290. The van der Waals surface area contributed by atoms with E-state index < -0.39 is 6.04 Å². The number of carbonyl (C=O) groups excluding carboxylic acids is 1. The first-order valence-electron chi connectivity index (χ1n) is 12.7. The van der Waals surface area contributed by atoms with Gasteiger partial charge in [0.1, 0.15) is 17.1 Å². The van der Waals surface area contributed by atoms with Gasteiger partial charge in [-0.05, 0) is 73.4 Å². The van der Waals surface area contributed by atoms with Crippen LogP contribution in [-0.2, 0) is 0 Å². The molecule has 6 nitrogen and oxygen atoms in total. The molecule has 0 spiro atoms. The quantitative estimate of drug-likeness (QED) is 0.252. The molecule has 3 aromatic carbocycles. The first-order chi connectivity index (χ1) is 17.9. The highest BCUT2D eigenvalue weighted by molar-refractivity contribution is 6.10. The summed E-state index contributed by atoms with van der Waals surface area (Å²) in [7, 11) is 1.58. The lowest BCUT2D eigenvalue weighted by Crippen LogP contribution is -2.29. The van der Waals surface area contributed by atoms with Gasteiger partial charge >= 0.3 is 0 Å². The second kappa shape index (κ2) is 10.1. The molecule has 1 unspecified atom stereocenters. The zero-order valence-corrected chi connectivity index (χ0v) is 21.7. The summed E-state index contributed by atoms with van der Waals surface area (Å²) in [5.41, 5.74) is 3.99. The fourth-order valence-corrected chi connectivity index (χ4v) is 4.86. The van der Waals surface area contributed by atoms with Crippen LogP contribution in [0.3, 0.4) is 0 Å². The Morgan fingerprint density at radius 3 is 2.41 bits per heavy atom. The van der Waals surface area contributed by atoms with E-state index in [4.69, 9.17) is 13.9 Å². The predicted molar refractivity (Wildman–Crippen MR) is 145 cm³/mol. The van der Waals surface area contributed by atoms with Crippen LogP contribution in [0.15, 0.2) is 69.9 Å². The standard InChI is InChI=1S/C31H31NO5/c1-5-6-7-15-36-23-13-11-21(12-14-23)28-27-29(33)25-16-19(2)20(3)17-26(25)37-30(27)31(34)32(28)22-9-8-10-24(18-22)35-4/h8-14,16-18,28H,5-7,15H2,1-4H3. The number of nitrogens with zero attached hydrogens (tertiary/aromatic N) is 1. The Morgan fingerprint density at radius 2 is 1.68 bits per heavy atom. The zero-order valence-electron chi connectivity index (χ0n) is 21.7. The zero-order chi connectivity index (χ0) is 26.1. The molecule has 1 atom stereocenters. The number of methoxy groups -OCH3 is 1. The predicted octanol–water partition coefficient (Wildman–Crippen LogP) is 6.74. The van der Waals surface area contributed by atoms with Gasteiger partial charge in [0, 0.05) is 11.8 Å². The van der Waals surface area contributed by atoms with Crippen molar-refractivity contribution in [1.82, 2.24) is 0 Å². The summed E-state index contributed by atoms with van der Waals surface area (Å²) in [6, 6.07) is 17.9. The van der Waals surface area contributed by atoms with E-state index in [9.17, 15) is 9.59 Å². The van der Waals surface area contributed by atoms with E-state index >= 15 is 0 Å². The van der Waals surface area contributed by atoms with E-state index in [1.54, 1.807) is 18.1 Å². The van der Waals surface area contributed by atoms with Gasteiger partial charge < -0.3 is 13.9 Å².